The standard InChI is InChI=1S/C17H23NO5/c1-20-14-8-11-9-16(19)18-13(12(11)10-15(14)21-2)4-5-17-22-6-3-7-23-17/h8,10,13,17H,3-7,9H2,1-2H3,(H,18,19)/t13-/m0/s1. The number of rotatable bonds is 5. The fraction of sp³-hybridized carbons (Fsp3) is 0.588. The van der Waals surface area contributed by atoms with Crippen LogP contribution in [-0.4, -0.2) is 39.6 Å². The van der Waals surface area contributed by atoms with Crippen LogP contribution < -0.4 is 14.8 Å². The number of amides is 1. The van der Waals surface area contributed by atoms with Gasteiger partial charge in [0.15, 0.2) is 17.8 Å². The number of carbonyl (C=O) groups is 1. The maximum Gasteiger partial charge on any atom is 0.224 e. The van der Waals surface area contributed by atoms with Crippen LogP contribution in [0.15, 0.2) is 12.1 Å². The van der Waals surface area contributed by atoms with Gasteiger partial charge in [0, 0.05) is 6.42 Å². The summed E-state index contributed by atoms with van der Waals surface area (Å²) < 4.78 is 21.9. The van der Waals surface area contributed by atoms with Crippen molar-refractivity contribution < 1.29 is 23.7 Å². The highest BCUT2D eigenvalue weighted by Gasteiger charge is 2.27. The molecule has 1 aromatic rings. The van der Waals surface area contributed by atoms with Gasteiger partial charge in [-0.15, -0.1) is 0 Å². The Morgan fingerprint density at radius 1 is 1.13 bits per heavy atom. The Labute approximate surface area is 136 Å². The van der Waals surface area contributed by atoms with E-state index in [0.717, 1.165) is 43.6 Å². The molecule has 2 heterocycles. The van der Waals surface area contributed by atoms with Crippen molar-refractivity contribution in [2.45, 2.75) is 38.0 Å². The van der Waals surface area contributed by atoms with Crippen molar-refractivity contribution in [1.82, 2.24) is 5.32 Å². The van der Waals surface area contributed by atoms with E-state index in [1.165, 1.54) is 0 Å². The van der Waals surface area contributed by atoms with Gasteiger partial charge in [0.05, 0.1) is 39.9 Å². The van der Waals surface area contributed by atoms with E-state index in [9.17, 15) is 4.79 Å². The molecule has 2 aliphatic rings. The first kappa shape index (κ1) is 16.1. The molecule has 126 valence electrons. The molecular weight excluding hydrogens is 298 g/mol. The summed E-state index contributed by atoms with van der Waals surface area (Å²) in [7, 11) is 3.22. The fourth-order valence-electron chi connectivity index (χ4n) is 3.14. The van der Waals surface area contributed by atoms with Gasteiger partial charge in [-0.3, -0.25) is 4.79 Å². The molecule has 0 aliphatic carbocycles. The molecule has 0 aromatic heterocycles. The van der Waals surface area contributed by atoms with Gasteiger partial charge >= 0.3 is 0 Å². The Kier molecular flexibility index (Phi) is 5.03. The van der Waals surface area contributed by atoms with E-state index < -0.39 is 0 Å². The summed E-state index contributed by atoms with van der Waals surface area (Å²) in [6.45, 7) is 1.48. The summed E-state index contributed by atoms with van der Waals surface area (Å²) in [5.41, 5.74) is 2.07. The lowest BCUT2D eigenvalue weighted by Gasteiger charge is -2.30. The van der Waals surface area contributed by atoms with Crippen LogP contribution in [0.2, 0.25) is 0 Å². The van der Waals surface area contributed by atoms with Crippen LogP contribution in [0.3, 0.4) is 0 Å². The smallest absolute Gasteiger partial charge is 0.224 e. The van der Waals surface area contributed by atoms with Crippen molar-refractivity contribution in [2.24, 2.45) is 0 Å². The van der Waals surface area contributed by atoms with Crippen molar-refractivity contribution in [1.29, 1.82) is 0 Å². The zero-order valence-electron chi connectivity index (χ0n) is 13.6. The molecule has 1 aromatic carbocycles. The van der Waals surface area contributed by atoms with Crippen molar-refractivity contribution in [3.05, 3.63) is 23.3 Å². The normalized spacial score (nSPS) is 21.5. The first-order chi connectivity index (χ1) is 11.2. The van der Waals surface area contributed by atoms with E-state index in [1.807, 2.05) is 12.1 Å². The maximum atomic E-state index is 12.0. The van der Waals surface area contributed by atoms with Crippen LogP contribution >= 0.6 is 0 Å². The summed E-state index contributed by atoms with van der Waals surface area (Å²) in [5.74, 6) is 1.36. The third-order valence-electron chi connectivity index (χ3n) is 4.29. The van der Waals surface area contributed by atoms with Crippen molar-refractivity contribution in [3.63, 3.8) is 0 Å². The summed E-state index contributed by atoms with van der Waals surface area (Å²) in [6, 6.07) is 3.80. The average Bonchev–Trinajstić information content (AvgIpc) is 2.59. The third kappa shape index (κ3) is 3.59. The molecule has 3 rings (SSSR count). The molecule has 1 atom stereocenters. The largest absolute Gasteiger partial charge is 0.493 e. The van der Waals surface area contributed by atoms with E-state index in [-0.39, 0.29) is 18.2 Å². The molecule has 23 heavy (non-hydrogen) atoms. The number of ether oxygens (including phenoxy) is 4. The van der Waals surface area contributed by atoms with Crippen LogP contribution in [0.5, 0.6) is 11.5 Å². The average molecular weight is 321 g/mol. The minimum absolute atomic E-state index is 0.0280. The molecule has 0 bridgehead atoms. The number of methoxy groups -OCH3 is 2. The number of benzene rings is 1. The lowest BCUT2D eigenvalue weighted by molar-refractivity contribution is -0.182. The van der Waals surface area contributed by atoms with E-state index in [1.54, 1.807) is 14.2 Å². The molecule has 1 amide bonds. The zero-order chi connectivity index (χ0) is 16.2. The molecule has 6 nitrogen and oxygen atoms in total. The molecule has 2 aliphatic heterocycles. The summed E-state index contributed by atoms with van der Waals surface area (Å²) in [5, 5.41) is 3.05. The zero-order valence-corrected chi connectivity index (χ0v) is 13.6. The Morgan fingerprint density at radius 3 is 2.52 bits per heavy atom. The number of hydrogen-bond donors (Lipinski definition) is 1. The number of fused-ring (bicyclic) bond motifs is 1. The highest BCUT2D eigenvalue weighted by atomic mass is 16.7. The predicted molar refractivity (Wildman–Crippen MR) is 83.7 cm³/mol. The van der Waals surface area contributed by atoms with Gasteiger partial charge in [-0.25, -0.2) is 0 Å². The third-order valence-corrected chi connectivity index (χ3v) is 4.29. The predicted octanol–water partition coefficient (Wildman–Crippen LogP) is 1.96. The lowest BCUT2D eigenvalue weighted by Crippen LogP contribution is -2.36. The van der Waals surface area contributed by atoms with E-state index in [0.29, 0.717) is 17.9 Å². The minimum Gasteiger partial charge on any atom is -0.493 e. The minimum atomic E-state index is -0.175. The van der Waals surface area contributed by atoms with Gasteiger partial charge in [0.2, 0.25) is 5.91 Å². The highest BCUT2D eigenvalue weighted by molar-refractivity contribution is 5.82. The summed E-state index contributed by atoms with van der Waals surface area (Å²) >= 11 is 0. The van der Waals surface area contributed by atoms with Gasteiger partial charge in [-0.2, -0.15) is 0 Å². The van der Waals surface area contributed by atoms with Gasteiger partial charge in [-0.05, 0) is 36.1 Å². The fourth-order valence-corrected chi connectivity index (χ4v) is 3.14. The number of carbonyl (C=O) groups excluding carboxylic acids is 1. The van der Waals surface area contributed by atoms with Gasteiger partial charge in [0.25, 0.3) is 0 Å². The van der Waals surface area contributed by atoms with Gasteiger partial charge in [-0.1, -0.05) is 0 Å². The maximum absolute atomic E-state index is 12.0. The number of hydrogen-bond acceptors (Lipinski definition) is 5. The van der Waals surface area contributed by atoms with Gasteiger partial charge in [0.1, 0.15) is 0 Å². The van der Waals surface area contributed by atoms with Crippen LogP contribution in [0.25, 0.3) is 0 Å². The SMILES string of the molecule is COc1cc2c(cc1OC)[C@H](CCC1OCCCO1)NC(=O)C2. The molecular formula is C17H23NO5. The van der Waals surface area contributed by atoms with E-state index in [2.05, 4.69) is 5.32 Å². The summed E-state index contributed by atoms with van der Waals surface area (Å²) in [4.78, 5) is 12.0. The van der Waals surface area contributed by atoms with E-state index in [4.69, 9.17) is 18.9 Å². The highest BCUT2D eigenvalue weighted by Crippen LogP contribution is 2.37. The Morgan fingerprint density at radius 2 is 1.83 bits per heavy atom. The molecule has 1 fully saturated rings. The monoisotopic (exact) mass is 321 g/mol. The molecule has 0 spiro atoms. The first-order valence-electron chi connectivity index (χ1n) is 7.98. The Hall–Kier alpha value is -1.79. The van der Waals surface area contributed by atoms with Crippen molar-refractivity contribution >= 4 is 5.91 Å². The second-order valence-electron chi connectivity index (χ2n) is 5.80. The van der Waals surface area contributed by atoms with Crippen molar-refractivity contribution in [3.8, 4) is 11.5 Å². The second-order valence-corrected chi connectivity index (χ2v) is 5.80. The molecule has 0 unspecified atom stereocenters. The molecule has 6 heteroatoms. The lowest BCUT2D eigenvalue weighted by atomic mass is 9.90. The quantitative estimate of drug-likeness (QED) is 0.898. The van der Waals surface area contributed by atoms with E-state index >= 15 is 0 Å². The number of nitrogens with one attached hydrogen (secondary N) is 1. The second kappa shape index (κ2) is 7.19. The van der Waals surface area contributed by atoms with Crippen molar-refractivity contribution in [2.75, 3.05) is 27.4 Å². The van der Waals surface area contributed by atoms with Crippen LogP contribution in [0, 0.1) is 0 Å². The van der Waals surface area contributed by atoms with Crippen LogP contribution in [0.4, 0.5) is 0 Å². The Balaban J connectivity index is 1.78. The molecule has 1 N–H and O–H groups in total. The molecule has 0 saturated carbocycles. The first-order valence-corrected chi connectivity index (χ1v) is 7.98. The van der Waals surface area contributed by atoms with Crippen LogP contribution in [-0.2, 0) is 20.7 Å². The van der Waals surface area contributed by atoms with Gasteiger partial charge < -0.3 is 24.3 Å². The van der Waals surface area contributed by atoms with Crippen LogP contribution in [0.1, 0.15) is 36.4 Å². The topological polar surface area (TPSA) is 66.0 Å². The molecule has 0 radical (unpaired) electrons. The molecule has 1 saturated heterocycles. The Bertz CT molecular complexity index is 568. The summed E-state index contributed by atoms with van der Waals surface area (Å²) in [6.07, 6.45) is 2.64.